The highest BCUT2D eigenvalue weighted by molar-refractivity contribution is 7.92. The molecule has 0 heterocycles. The molecule has 2 rings (SSSR count). The first kappa shape index (κ1) is 22.9. The Morgan fingerprint density at radius 1 is 1.14 bits per heavy atom. The van der Waals surface area contributed by atoms with Crippen molar-refractivity contribution in [3.63, 3.8) is 0 Å². The predicted octanol–water partition coefficient (Wildman–Crippen LogP) is 2.70. The van der Waals surface area contributed by atoms with Gasteiger partial charge in [-0.2, -0.15) is 0 Å². The maximum atomic E-state index is 12.6. The van der Waals surface area contributed by atoms with Gasteiger partial charge in [0.25, 0.3) is 15.7 Å². The van der Waals surface area contributed by atoms with Crippen molar-refractivity contribution in [1.82, 2.24) is 4.31 Å². The van der Waals surface area contributed by atoms with Gasteiger partial charge in [0.2, 0.25) is 10.0 Å². The molecular weight excluding hydrogens is 446 g/mol. The lowest BCUT2D eigenvalue weighted by Gasteiger charge is -2.17. The lowest BCUT2D eigenvalue weighted by molar-refractivity contribution is -0.384. The SMILES string of the molecule is CCOc1ccc(NS(=O)(=O)c2ccc(Cl)c([N+](=O)[O-])c2)cc1S(=O)(=O)N(C)C. The molecule has 0 spiro atoms. The number of anilines is 1. The quantitative estimate of drug-likeness (QED) is 0.469. The maximum absolute atomic E-state index is 12.6. The first-order chi connectivity index (χ1) is 13.4. The molecule has 13 heteroatoms. The number of rotatable bonds is 8. The van der Waals surface area contributed by atoms with Crippen LogP contribution in [0.15, 0.2) is 46.2 Å². The van der Waals surface area contributed by atoms with Gasteiger partial charge in [-0.15, -0.1) is 0 Å². The smallest absolute Gasteiger partial charge is 0.289 e. The van der Waals surface area contributed by atoms with Crippen molar-refractivity contribution >= 4 is 43.0 Å². The average molecular weight is 464 g/mol. The minimum absolute atomic E-state index is 0.0614. The normalized spacial score (nSPS) is 12.0. The summed E-state index contributed by atoms with van der Waals surface area (Å²) in [5.74, 6) is 0.0614. The van der Waals surface area contributed by atoms with E-state index in [1.165, 1.54) is 26.2 Å². The summed E-state index contributed by atoms with van der Waals surface area (Å²) in [6, 6.07) is 6.76. The summed E-state index contributed by atoms with van der Waals surface area (Å²) in [7, 11) is -5.53. The summed E-state index contributed by atoms with van der Waals surface area (Å²) in [4.78, 5) is 9.56. The number of hydrogen-bond acceptors (Lipinski definition) is 7. The summed E-state index contributed by atoms with van der Waals surface area (Å²) in [6.07, 6.45) is 0. The zero-order valence-electron chi connectivity index (χ0n) is 15.6. The second-order valence-electron chi connectivity index (χ2n) is 5.86. The Hall–Kier alpha value is -2.41. The van der Waals surface area contributed by atoms with Gasteiger partial charge in [0.1, 0.15) is 15.7 Å². The van der Waals surface area contributed by atoms with E-state index in [0.29, 0.717) is 0 Å². The van der Waals surface area contributed by atoms with E-state index in [0.717, 1.165) is 28.6 Å². The zero-order valence-corrected chi connectivity index (χ0v) is 18.0. The Labute approximate surface area is 173 Å². The highest BCUT2D eigenvalue weighted by Crippen LogP contribution is 2.31. The van der Waals surface area contributed by atoms with E-state index < -0.39 is 35.6 Å². The largest absolute Gasteiger partial charge is 0.492 e. The molecule has 2 aromatic carbocycles. The Balaban J connectivity index is 2.51. The zero-order chi connectivity index (χ0) is 22.0. The van der Waals surface area contributed by atoms with E-state index >= 15 is 0 Å². The molecular formula is C16H18ClN3O7S2. The van der Waals surface area contributed by atoms with Crippen molar-refractivity contribution < 1.29 is 26.5 Å². The Morgan fingerprint density at radius 2 is 1.79 bits per heavy atom. The van der Waals surface area contributed by atoms with E-state index in [2.05, 4.69) is 4.72 Å². The fourth-order valence-electron chi connectivity index (χ4n) is 2.26. The van der Waals surface area contributed by atoms with Gasteiger partial charge in [0, 0.05) is 20.2 Å². The number of nitrogens with one attached hydrogen (secondary N) is 1. The first-order valence-corrected chi connectivity index (χ1v) is 11.4. The van der Waals surface area contributed by atoms with Crippen molar-refractivity contribution in [1.29, 1.82) is 0 Å². The maximum Gasteiger partial charge on any atom is 0.289 e. The fourth-order valence-corrected chi connectivity index (χ4v) is 4.56. The van der Waals surface area contributed by atoms with E-state index in [4.69, 9.17) is 16.3 Å². The number of sulfonamides is 2. The van der Waals surface area contributed by atoms with Crippen LogP contribution in [0.25, 0.3) is 0 Å². The summed E-state index contributed by atoms with van der Waals surface area (Å²) in [5, 5.41) is 10.8. The number of nitro groups is 1. The second-order valence-corrected chi connectivity index (χ2v) is 10.1. The molecule has 0 bridgehead atoms. The standard InChI is InChI=1S/C16H18ClN3O7S2/c1-4-27-15-8-5-11(9-16(15)29(25,26)19(2)3)18-28(23,24)12-6-7-13(17)14(10-12)20(21)22/h5-10,18H,4H2,1-3H3. The van der Waals surface area contributed by atoms with E-state index in [9.17, 15) is 26.9 Å². The molecule has 0 amide bonds. The number of hydrogen-bond donors (Lipinski definition) is 1. The Kier molecular flexibility index (Phi) is 6.73. The van der Waals surface area contributed by atoms with Gasteiger partial charge in [0.15, 0.2) is 0 Å². The van der Waals surface area contributed by atoms with Gasteiger partial charge in [-0.05, 0) is 37.3 Å². The van der Waals surface area contributed by atoms with Gasteiger partial charge in [-0.25, -0.2) is 21.1 Å². The molecule has 0 aliphatic heterocycles. The molecule has 0 saturated heterocycles. The summed E-state index contributed by atoms with van der Waals surface area (Å²) >= 11 is 5.71. The molecule has 0 aliphatic rings. The third kappa shape index (κ3) is 4.96. The monoisotopic (exact) mass is 463 g/mol. The van der Waals surface area contributed by atoms with E-state index in [-0.39, 0.29) is 28.0 Å². The van der Waals surface area contributed by atoms with Crippen molar-refractivity contribution in [2.45, 2.75) is 16.7 Å². The number of halogens is 1. The summed E-state index contributed by atoms with van der Waals surface area (Å²) in [5.41, 5.74) is -0.636. The van der Waals surface area contributed by atoms with Crippen LogP contribution in [0.2, 0.25) is 5.02 Å². The van der Waals surface area contributed by atoms with Crippen molar-refractivity contribution in [3.05, 3.63) is 51.5 Å². The van der Waals surface area contributed by atoms with Gasteiger partial charge >= 0.3 is 0 Å². The predicted molar refractivity (Wildman–Crippen MR) is 107 cm³/mol. The van der Waals surface area contributed by atoms with Gasteiger partial charge in [-0.1, -0.05) is 11.6 Å². The molecule has 2 aromatic rings. The molecule has 0 unspecified atom stereocenters. The highest BCUT2D eigenvalue weighted by atomic mass is 35.5. The van der Waals surface area contributed by atoms with Crippen LogP contribution >= 0.6 is 11.6 Å². The van der Waals surface area contributed by atoms with Gasteiger partial charge < -0.3 is 4.74 Å². The number of nitro benzene ring substituents is 1. The van der Waals surface area contributed by atoms with Crippen LogP contribution in [0.5, 0.6) is 5.75 Å². The van der Waals surface area contributed by atoms with Crippen molar-refractivity contribution in [2.24, 2.45) is 0 Å². The third-order valence-electron chi connectivity index (χ3n) is 3.68. The molecule has 29 heavy (non-hydrogen) atoms. The topological polar surface area (TPSA) is 136 Å². The lowest BCUT2D eigenvalue weighted by Crippen LogP contribution is -2.23. The summed E-state index contributed by atoms with van der Waals surface area (Å²) < 4.78 is 58.9. The molecule has 0 aromatic heterocycles. The minimum Gasteiger partial charge on any atom is -0.492 e. The van der Waals surface area contributed by atoms with Crippen LogP contribution < -0.4 is 9.46 Å². The molecule has 0 radical (unpaired) electrons. The molecule has 1 N–H and O–H groups in total. The molecule has 0 aliphatic carbocycles. The van der Waals surface area contributed by atoms with Gasteiger partial charge in [0.05, 0.1) is 22.1 Å². The molecule has 10 nitrogen and oxygen atoms in total. The second kappa shape index (κ2) is 8.53. The fraction of sp³-hybridized carbons (Fsp3) is 0.250. The van der Waals surface area contributed by atoms with Crippen LogP contribution in [0.4, 0.5) is 11.4 Å². The van der Waals surface area contributed by atoms with Gasteiger partial charge in [-0.3, -0.25) is 14.8 Å². The van der Waals surface area contributed by atoms with Crippen LogP contribution in [-0.4, -0.2) is 46.8 Å². The Morgan fingerprint density at radius 3 is 2.34 bits per heavy atom. The third-order valence-corrected chi connectivity index (χ3v) is 7.21. The van der Waals surface area contributed by atoms with Crippen LogP contribution in [0.1, 0.15) is 6.92 Å². The van der Waals surface area contributed by atoms with Crippen LogP contribution in [0, 0.1) is 10.1 Å². The minimum atomic E-state index is -4.26. The molecule has 0 fully saturated rings. The van der Waals surface area contributed by atoms with Crippen molar-refractivity contribution in [3.8, 4) is 5.75 Å². The molecule has 158 valence electrons. The van der Waals surface area contributed by atoms with E-state index in [1.807, 2.05) is 0 Å². The number of nitrogens with zero attached hydrogens (tertiary/aromatic N) is 2. The first-order valence-electron chi connectivity index (χ1n) is 8.06. The van der Waals surface area contributed by atoms with Crippen LogP contribution in [-0.2, 0) is 20.0 Å². The Bertz CT molecular complexity index is 1150. The summed E-state index contributed by atoms with van der Waals surface area (Å²) in [6.45, 7) is 1.88. The molecule has 0 saturated carbocycles. The highest BCUT2D eigenvalue weighted by Gasteiger charge is 2.25. The van der Waals surface area contributed by atoms with Crippen molar-refractivity contribution in [2.75, 3.05) is 25.4 Å². The lowest BCUT2D eigenvalue weighted by atomic mass is 10.3. The van der Waals surface area contributed by atoms with Crippen LogP contribution in [0.3, 0.4) is 0 Å². The number of benzene rings is 2. The number of ether oxygens (including phenoxy) is 1. The van der Waals surface area contributed by atoms with E-state index in [1.54, 1.807) is 6.92 Å². The molecule has 0 atom stereocenters. The average Bonchev–Trinajstić information content (AvgIpc) is 2.62.